The van der Waals surface area contributed by atoms with Gasteiger partial charge in [-0.05, 0) is 37.3 Å². The van der Waals surface area contributed by atoms with E-state index in [-0.39, 0.29) is 18.5 Å². The molecule has 0 aliphatic heterocycles. The van der Waals surface area contributed by atoms with Gasteiger partial charge in [0.05, 0.1) is 6.54 Å². The van der Waals surface area contributed by atoms with Crippen molar-refractivity contribution >= 4 is 5.91 Å². The maximum absolute atomic E-state index is 12.7. The number of furan rings is 1. The fraction of sp³-hybridized carbons (Fsp3) is 0.500. The largest absolute Gasteiger partial charge is 0.464 e. The van der Waals surface area contributed by atoms with Gasteiger partial charge in [0.1, 0.15) is 18.1 Å². The Morgan fingerprint density at radius 1 is 1.32 bits per heavy atom. The van der Waals surface area contributed by atoms with E-state index in [0.717, 1.165) is 30.8 Å². The Kier molecular flexibility index (Phi) is 3.86. The van der Waals surface area contributed by atoms with Crippen LogP contribution < -0.4 is 11.2 Å². The molecule has 2 fully saturated rings. The quantitative estimate of drug-likeness (QED) is 0.860. The number of hydrogen-bond donors (Lipinski definition) is 1. The van der Waals surface area contributed by atoms with E-state index in [2.05, 4.69) is 11.9 Å². The Morgan fingerprint density at radius 2 is 2.08 bits per heavy atom. The second-order valence-electron chi connectivity index (χ2n) is 7.11. The van der Waals surface area contributed by atoms with Crippen LogP contribution in [-0.2, 0) is 17.9 Å². The lowest BCUT2D eigenvalue weighted by Gasteiger charge is -2.21. The highest BCUT2D eigenvalue weighted by Gasteiger charge is 2.37. The predicted octanol–water partition coefficient (Wildman–Crippen LogP) is 1.44. The number of aromatic nitrogens is 2. The second-order valence-corrected chi connectivity index (χ2v) is 7.11. The Hall–Kier alpha value is -2.57. The molecule has 2 aliphatic carbocycles. The Bertz CT molecular complexity index is 905. The summed E-state index contributed by atoms with van der Waals surface area (Å²) in [6.45, 7) is 2.54. The van der Waals surface area contributed by atoms with Gasteiger partial charge in [-0.25, -0.2) is 4.79 Å². The van der Waals surface area contributed by atoms with E-state index in [9.17, 15) is 14.4 Å². The molecule has 2 heterocycles. The minimum absolute atomic E-state index is 0.0840. The molecule has 0 aromatic carbocycles. The molecule has 7 heteroatoms. The van der Waals surface area contributed by atoms with Gasteiger partial charge in [0.2, 0.25) is 5.91 Å². The smallest absolute Gasteiger partial charge is 0.328 e. The van der Waals surface area contributed by atoms with Crippen molar-refractivity contribution in [2.45, 2.75) is 51.2 Å². The van der Waals surface area contributed by atoms with Gasteiger partial charge >= 0.3 is 5.69 Å². The number of nitrogens with one attached hydrogen (secondary N) is 1. The summed E-state index contributed by atoms with van der Waals surface area (Å²) in [5.74, 6) is 2.82. The third-order valence-electron chi connectivity index (χ3n) is 4.99. The zero-order valence-electron chi connectivity index (χ0n) is 14.1. The molecular weight excluding hydrogens is 322 g/mol. The van der Waals surface area contributed by atoms with E-state index in [1.807, 2.05) is 12.1 Å². The number of rotatable bonds is 6. The van der Waals surface area contributed by atoms with Crippen LogP contribution in [0, 0.1) is 5.92 Å². The minimum atomic E-state index is -0.570. The standard InChI is InChI=1S/C18H21N3O4/c1-11-8-14(11)15-5-4-13(25-15)9-21(12-2-3-12)17(23)10-20-7-6-16(22)19-18(20)24/h4-7,11-12,14H,2-3,8-10H2,1H3,(H,19,22,24)/t11-,14+/m1/s1. The maximum Gasteiger partial charge on any atom is 0.328 e. The molecule has 0 spiro atoms. The van der Waals surface area contributed by atoms with E-state index in [1.54, 1.807) is 4.90 Å². The molecule has 1 N–H and O–H groups in total. The summed E-state index contributed by atoms with van der Waals surface area (Å²) in [6, 6.07) is 5.39. The van der Waals surface area contributed by atoms with E-state index in [1.165, 1.54) is 16.8 Å². The van der Waals surface area contributed by atoms with E-state index in [0.29, 0.717) is 18.4 Å². The third-order valence-corrected chi connectivity index (χ3v) is 4.99. The second kappa shape index (κ2) is 6.06. The predicted molar refractivity (Wildman–Crippen MR) is 90.1 cm³/mol. The van der Waals surface area contributed by atoms with Crippen molar-refractivity contribution in [1.82, 2.24) is 14.5 Å². The van der Waals surface area contributed by atoms with Gasteiger partial charge in [-0.15, -0.1) is 0 Å². The fourth-order valence-corrected chi connectivity index (χ4v) is 3.18. The molecule has 25 heavy (non-hydrogen) atoms. The summed E-state index contributed by atoms with van der Waals surface area (Å²) in [4.78, 5) is 39.5. The lowest BCUT2D eigenvalue weighted by molar-refractivity contribution is -0.133. The number of aromatic amines is 1. The Labute approximate surface area is 144 Å². The Morgan fingerprint density at radius 3 is 2.72 bits per heavy atom. The number of H-pyrrole nitrogens is 1. The van der Waals surface area contributed by atoms with Gasteiger partial charge in [-0.3, -0.25) is 19.1 Å². The van der Waals surface area contributed by atoms with E-state index < -0.39 is 11.2 Å². The number of amides is 1. The van der Waals surface area contributed by atoms with Gasteiger partial charge < -0.3 is 9.32 Å². The zero-order valence-corrected chi connectivity index (χ0v) is 14.1. The highest BCUT2D eigenvalue weighted by Crippen LogP contribution is 2.47. The topological polar surface area (TPSA) is 88.3 Å². The first-order valence-electron chi connectivity index (χ1n) is 8.69. The molecule has 2 atom stereocenters. The summed E-state index contributed by atoms with van der Waals surface area (Å²) >= 11 is 0. The van der Waals surface area contributed by atoms with Crippen molar-refractivity contribution in [1.29, 1.82) is 0 Å². The molecule has 2 saturated carbocycles. The van der Waals surface area contributed by atoms with Crippen molar-refractivity contribution in [3.8, 4) is 0 Å². The molecule has 4 rings (SSSR count). The molecule has 0 unspecified atom stereocenters. The number of hydrogen-bond acceptors (Lipinski definition) is 4. The van der Waals surface area contributed by atoms with E-state index in [4.69, 9.17) is 4.42 Å². The molecule has 0 radical (unpaired) electrons. The van der Waals surface area contributed by atoms with Gasteiger partial charge in [0.15, 0.2) is 0 Å². The minimum Gasteiger partial charge on any atom is -0.464 e. The number of carbonyl (C=O) groups is 1. The van der Waals surface area contributed by atoms with Gasteiger partial charge in [0.25, 0.3) is 5.56 Å². The van der Waals surface area contributed by atoms with Crippen molar-refractivity contribution < 1.29 is 9.21 Å². The first kappa shape index (κ1) is 15.9. The number of nitrogens with zero attached hydrogens (tertiary/aromatic N) is 2. The zero-order chi connectivity index (χ0) is 17.6. The van der Waals surface area contributed by atoms with Gasteiger partial charge in [0, 0.05) is 24.2 Å². The molecule has 132 valence electrons. The summed E-state index contributed by atoms with van der Waals surface area (Å²) in [7, 11) is 0. The molecule has 7 nitrogen and oxygen atoms in total. The molecule has 2 aliphatic rings. The molecular formula is C18H21N3O4. The fourth-order valence-electron chi connectivity index (χ4n) is 3.18. The van der Waals surface area contributed by atoms with Crippen LogP contribution in [0.5, 0.6) is 0 Å². The summed E-state index contributed by atoms with van der Waals surface area (Å²) in [5.41, 5.74) is -1.04. The SMILES string of the molecule is C[C@@H]1C[C@@H]1c1ccc(CN(C(=O)Cn2ccc(=O)[nH]c2=O)C2CC2)o1. The molecule has 1 amide bonds. The van der Waals surface area contributed by atoms with Crippen LogP contribution in [0.25, 0.3) is 0 Å². The number of carbonyl (C=O) groups excluding carboxylic acids is 1. The molecule has 2 aromatic rings. The average Bonchev–Trinajstić information content (AvgIpc) is 3.48. The summed E-state index contributed by atoms with van der Waals surface area (Å²) < 4.78 is 7.14. The lowest BCUT2D eigenvalue weighted by Crippen LogP contribution is -2.39. The third kappa shape index (κ3) is 3.45. The van der Waals surface area contributed by atoms with Crippen LogP contribution >= 0.6 is 0 Å². The maximum atomic E-state index is 12.7. The van der Waals surface area contributed by atoms with Gasteiger partial charge in [-0.2, -0.15) is 0 Å². The van der Waals surface area contributed by atoms with E-state index >= 15 is 0 Å². The Balaban J connectivity index is 1.47. The van der Waals surface area contributed by atoms with Crippen molar-refractivity contribution in [2.24, 2.45) is 5.92 Å². The molecule has 0 bridgehead atoms. The van der Waals surface area contributed by atoms with Crippen molar-refractivity contribution in [3.05, 3.63) is 56.8 Å². The van der Waals surface area contributed by atoms with Crippen LogP contribution in [0.2, 0.25) is 0 Å². The van der Waals surface area contributed by atoms with Crippen LogP contribution in [-0.4, -0.2) is 26.4 Å². The summed E-state index contributed by atoms with van der Waals surface area (Å²) in [5, 5.41) is 0. The van der Waals surface area contributed by atoms with Crippen LogP contribution in [0.1, 0.15) is 43.6 Å². The monoisotopic (exact) mass is 343 g/mol. The molecule has 2 aromatic heterocycles. The van der Waals surface area contributed by atoms with Crippen molar-refractivity contribution in [2.75, 3.05) is 0 Å². The van der Waals surface area contributed by atoms with Crippen LogP contribution in [0.15, 0.2) is 38.4 Å². The summed E-state index contributed by atoms with van der Waals surface area (Å²) in [6.07, 6.45) is 4.45. The van der Waals surface area contributed by atoms with Crippen LogP contribution in [0.3, 0.4) is 0 Å². The normalized spacial score (nSPS) is 22.0. The first-order valence-corrected chi connectivity index (χ1v) is 8.69. The van der Waals surface area contributed by atoms with Crippen LogP contribution in [0.4, 0.5) is 0 Å². The molecule has 0 saturated heterocycles. The highest BCUT2D eigenvalue weighted by atomic mass is 16.3. The lowest BCUT2D eigenvalue weighted by atomic mass is 10.3. The average molecular weight is 343 g/mol. The van der Waals surface area contributed by atoms with Crippen molar-refractivity contribution in [3.63, 3.8) is 0 Å². The van der Waals surface area contributed by atoms with Gasteiger partial charge in [-0.1, -0.05) is 6.92 Å². The first-order chi connectivity index (χ1) is 12.0. The highest BCUT2D eigenvalue weighted by molar-refractivity contribution is 5.76.